The van der Waals surface area contributed by atoms with Crippen LogP contribution in [0.25, 0.3) is 0 Å². The van der Waals surface area contributed by atoms with Crippen LogP contribution in [0.3, 0.4) is 0 Å². The first kappa shape index (κ1) is 15.0. The van der Waals surface area contributed by atoms with Gasteiger partial charge in [-0.2, -0.15) is 0 Å². The van der Waals surface area contributed by atoms with Gasteiger partial charge in [0.05, 0.1) is 18.4 Å². The summed E-state index contributed by atoms with van der Waals surface area (Å²) in [6, 6.07) is 3.22. The third-order valence-corrected chi connectivity index (χ3v) is 3.86. The van der Waals surface area contributed by atoms with E-state index in [1.54, 1.807) is 12.3 Å². The third-order valence-electron chi connectivity index (χ3n) is 2.78. The van der Waals surface area contributed by atoms with Crippen LogP contribution in [-0.4, -0.2) is 24.1 Å². The number of carbonyl (C=O) groups is 2. The van der Waals surface area contributed by atoms with Crippen molar-refractivity contribution in [2.75, 3.05) is 12.4 Å². The highest BCUT2D eigenvalue weighted by atomic mass is 32.1. The van der Waals surface area contributed by atoms with Crippen molar-refractivity contribution in [1.29, 1.82) is 0 Å². The molecule has 2 rings (SSSR count). The third kappa shape index (κ3) is 3.03. The van der Waals surface area contributed by atoms with Gasteiger partial charge in [-0.3, -0.25) is 4.79 Å². The molecule has 21 heavy (non-hydrogen) atoms. The lowest BCUT2D eigenvalue weighted by molar-refractivity contribution is 0.0607. The van der Waals surface area contributed by atoms with E-state index in [-0.39, 0.29) is 16.2 Å². The number of hydrogen-bond acceptors (Lipinski definition) is 5. The van der Waals surface area contributed by atoms with Crippen molar-refractivity contribution in [3.05, 3.63) is 45.4 Å². The fourth-order valence-corrected chi connectivity index (χ4v) is 2.63. The lowest BCUT2D eigenvalue weighted by atomic mass is 10.1. The van der Waals surface area contributed by atoms with Gasteiger partial charge in [-0.1, -0.05) is 0 Å². The van der Waals surface area contributed by atoms with Crippen molar-refractivity contribution >= 4 is 28.9 Å². The molecule has 0 aliphatic carbocycles. The summed E-state index contributed by atoms with van der Waals surface area (Å²) in [4.78, 5) is 23.9. The van der Waals surface area contributed by atoms with E-state index in [0.29, 0.717) is 11.3 Å². The summed E-state index contributed by atoms with van der Waals surface area (Å²) in [5.74, 6) is -2.40. The maximum absolute atomic E-state index is 13.6. The number of carbonyl (C=O) groups excluding carboxylic acids is 2. The Morgan fingerprint density at radius 1 is 1.38 bits per heavy atom. The number of aryl methyl sites for hydroxylation is 1. The Kier molecular flexibility index (Phi) is 4.23. The first-order valence-corrected chi connectivity index (χ1v) is 6.78. The quantitative estimate of drug-likeness (QED) is 0.855. The summed E-state index contributed by atoms with van der Waals surface area (Å²) in [5, 5.41) is 13.3. The van der Waals surface area contributed by atoms with Gasteiger partial charge in [-0.05, 0) is 30.0 Å². The molecule has 0 unspecified atom stereocenters. The van der Waals surface area contributed by atoms with Gasteiger partial charge < -0.3 is 15.2 Å². The van der Waals surface area contributed by atoms with E-state index in [4.69, 9.17) is 5.11 Å². The molecule has 110 valence electrons. The number of amides is 1. The van der Waals surface area contributed by atoms with Crippen LogP contribution in [0.15, 0.2) is 23.6 Å². The Hall–Kier alpha value is -2.41. The highest BCUT2D eigenvalue weighted by Crippen LogP contribution is 2.29. The molecular formula is C14H12FNO4S. The second-order valence-electron chi connectivity index (χ2n) is 4.23. The summed E-state index contributed by atoms with van der Waals surface area (Å²) in [5.41, 5.74) is 0.742. The Labute approximate surface area is 124 Å². The molecule has 0 saturated heterocycles. The largest absolute Gasteiger partial charge is 0.508 e. The molecule has 0 radical (unpaired) electrons. The number of phenolic OH excluding ortho intramolecular Hbond substituents is 1. The number of thiophene rings is 1. The van der Waals surface area contributed by atoms with Crippen molar-refractivity contribution in [3.8, 4) is 5.75 Å². The molecule has 0 bridgehead atoms. The molecule has 2 N–H and O–H groups in total. The molecule has 1 amide bonds. The minimum atomic E-state index is -0.847. The highest BCUT2D eigenvalue weighted by Gasteiger charge is 2.20. The van der Waals surface area contributed by atoms with E-state index in [0.717, 1.165) is 17.4 Å². The number of anilines is 1. The van der Waals surface area contributed by atoms with E-state index >= 15 is 0 Å². The number of ether oxygens (including phenoxy) is 1. The predicted octanol–water partition coefficient (Wildman–Crippen LogP) is 2.94. The monoisotopic (exact) mass is 309 g/mol. The standard InChI is InChI=1S/C14H12FNO4S/c1-7-6-21-12(14(19)20-2)11(7)16-13(18)9-4-3-8(17)5-10(9)15/h3-6,17H,1-2H3,(H,16,18). The second-order valence-corrected chi connectivity index (χ2v) is 5.11. The lowest BCUT2D eigenvalue weighted by Crippen LogP contribution is -2.16. The van der Waals surface area contributed by atoms with Gasteiger partial charge >= 0.3 is 5.97 Å². The number of phenols is 1. The van der Waals surface area contributed by atoms with Crippen LogP contribution in [0.4, 0.5) is 10.1 Å². The molecule has 5 nitrogen and oxygen atoms in total. The van der Waals surface area contributed by atoms with Gasteiger partial charge in [0.1, 0.15) is 16.4 Å². The fourth-order valence-electron chi connectivity index (χ4n) is 1.71. The number of benzene rings is 1. The SMILES string of the molecule is COC(=O)c1scc(C)c1NC(=O)c1ccc(O)cc1F. The molecule has 2 aromatic rings. The second kappa shape index (κ2) is 5.92. The summed E-state index contributed by atoms with van der Waals surface area (Å²) < 4.78 is 18.3. The zero-order chi connectivity index (χ0) is 15.6. The number of methoxy groups -OCH3 is 1. The van der Waals surface area contributed by atoms with Gasteiger partial charge in [-0.25, -0.2) is 9.18 Å². The average Bonchev–Trinajstić information content (AvgIpc) is 2.79. The van der Waals surface area contributed by atoms with Crippen LogP contribution in [0.1, 0.15) is 25.6 Å². The molecule has 0 atom stereocenters. The Balaban J connectivity index is 2.32. The van der Waals surface area contributed by atoms with E-state index in [9.17, 15) is 14.0 Å². The molecular weight excluding hydrogens is 297 g/mol. The Morgan fingerprint density at radius 3 is 2.71 bits per heavy atom. The maximum atomic E-state index is 13.6. The average molecular weight is 309 g/mol. The van der Waals surface area contributed by atoms with Crippen LogP contribution in [0.5, 0.6) is 5.75 Å². The predicted molar refractivity (Wildman–Crippen MR) is 76.4 cm³/mol. The highest BCUT2D eigenvalue weighted by molar-refractivity contribution is 7.12. The number of nitrogens with one attached hydrogen (secondary N) is 1. The zero-order valence-electron chi connectivity index (χ0n) is 11.3. The number of hydrogen-bond donors (Lipinski definition) is 2. The van der Waals surface area contributed by atoms with Crippen LogP contribution < -0.4 is 5.32 Å². The minimum absolute atomic E-state index is 0.228. The fraction of sp³-hybridized carbons (Fsp3) is 0.143. The maximum Gasteiger partial charge on any atom is 0.350 e. The van der Waals surface area contributed by atoms with Crippen molar-refractivity contribution in [2.24, 2.45) is 0 Å². The molecule has 0 spiro atoms. The van der Waals surface area contributed by atoms with E-state index in [2.05, 4.69) is 10.1 Å². The van der Waals surface area contributed by atoms with Gasteiger partial charge in [0, 0.05) is 6.07 Å². The van der Waals surface area contributed by atoms with Crippen LogP contribution in [-0.2, 0) is 4.74 Å². The zero-order valence-corrected chi connectivity index (χ0v) is 12.1. The minimum Gasteiger partial charge on any atom is -0.508 e. The molecule has 0 fully saturated rings. The Bertz CT molecular complexity index is 711. The van der Waals surface area contributed by atoms with Crippen molar-refractivity contribution in [3.63, 3.8) is 0 Å². The van der Waals surface area contributed by atoms with Crippen molar-refractivity contribution in [2.45, 2.75) is 6.92 Å². The normalized spacial score (nSPS) is 10.2. The summed E-state index contributed by atoms with van der Waals surface area (Å²) in [6.45, 7) is 1.71. The number of esters is 1. The molecule has 1 aromatic carbocycles. The number of aromatic hydroxyl groups is 1. The lowest BCUT2D eigenvalue weighted by Gasteiger charge is -2.08. The van der Waals surface area contributed by atoms with E-state index < -0.39 is 17.7 Å². The summed E-state index contributed by atoms with van der Waals surface area (Å²) in [7, 11) is 1.24. The van der Waals surface area contributed by atoms with Crippen molar-refractivity contribution in [1.82, 2.24) is 0 Å². The molecule has 7 heteroatoms. The van der Waals surface area contributed by atoms with Gasteiger partial charge in [-0.15, -0.1) is 11.3 Å². The smallest absolute Gasteiger partial charge is 0.350 e. The number of rotatable bonds is 3. The van der Waals surface area contributed by atoms with Gasteiger partial charge in [0.15, 0.2) is 0 Å². The van der Waals surface area contributed by atoms with Crippen LogP contribution >= 0.6 is 11.3 Å². The first-order valence-electron chi connectivity index (χ1n) is 5.90. The van der Waals surface area contributed by atoms with E-state index in [1.807, 2.05) is 0 Å². The van der Waals surface area contributed by atoms with Crippen molar-refractivity contribution < 1.29 is 23.8 Å². The van der Waals surface area contributed by atoms with Gasteiger partial charge in [0.2, 0.25) is 0 Å². The van der Waals surface area contributed by atoms with Gasteiger partial charge in [0.25, 0.3) is 5.91 Å². The topological polar surface area (TPSA) is 75.6 Å². The summed E-state index contributed by atoms with van der Waals surface area (Å²) >= 11 is 1.13. The number of halogens is 1. The molecule has 1 heterocycles. The first-order chi connectivity index (χ1) is 9.93. The molecule has 0 saturated carbocycles. The molecule has 0 aliphatic heterocycles. The Morgan fingerprint density at radius 2 is 2.10 bits per heavy atom. The van der Waals surface area contributed by atoms with E-state index in [1.165, 1.54) is 19.2 Å². The molecule has 0 aliphatic rings. The summed E-state index contributed by atoms with van der Waals surface area (Å²) in [6.07, 6.45) is 0. The molecule has 1 aromatic heterocycles. The van der Waals surface area contributed by atoms with Crippen LogP contribution in [0, 0.1) is 12.7 Å². The van der Waals surface area contributed by atoms with Crippen LogP contribution in [0.2, 0.25) is 0 Å².